The van der Waals surface area contributed by atoms with Crippen LogP contribution in [0.1, 0.15) is 58.3 Å². The van der Waals surface area contributed by atoms with Crippen LogP contribution in [0.3, 0.4) is 0 Å². The van der Waals surface area contributed by atoms with Gasteiger partial charge in [-0.1, -0.05) is 0 Å². The topological polar surface area (TPSA) is 412 Å². The van der Waals surface area contributed by atoms with Crippen molar-refractivity contribution in [2.45, 2.75) is 88.5 Å². The van der Waals surface area contributed by atoms with Crippen LogP contribution in [0.25, 0.3) is 0 Å². The van der Waals surface area contributed by atoms with Crippen molar-refractivity contribution < 1.29 is 53.7 Å². The Morgan fingerprint density at radius 2 is 1.06 bits per heavy atom. The zero-order valence-electron chi connectivity index (χ0n) is 27.6. The molecule has 50 heavy (non-hydrogen) atoms. The van der Waals surface area contributed by atoms with E-state index in [1.807, 2.05) is 0 Å². The van der Waals surface area contributed by atoms with Gasteiger partial charge in [0.2, 0.25) is 29.5 Å². The second-order valence-electron chi connectivity index (χ2n) is 10.9. The molecular weight excluding hydrogens is 668 g/mol. The van der Waals surface area contributed by atoms with Crippen LogP contribution < -0.4 is 55.3 Å². The summed E-state index contributed by atoms with van der Waals surface area (Å²) in [6.07, 6.45) is -1.28. The lowest BCUT2D eigenvalue weighted by Crippen LogP contribution is -2.56. The molecule has 0 aromatic carbocycles. The standard InChI is InChI=1S/C27H48N12O11/c1-13(36-18(40)12-35-23(47)16(7-9-20(43)44)38-22(46)14(28)6-8-19(41)42)21(45)37-15(4-2-10-33-26(29)30)24(48)39-17(25(49)50)5-3-11-34-27(31)32/h13-17H,2-12,28H2,1H3,(H,35,47)(H,36,40)(H,37,45)(H,38,46)(H,39,48)(H,41,42)(H,43,44)(H,49,50)(H4,29,30,33)(H4,31,32,34)/t13-,14-,15-,16-,17-/m0/s1. The number of aliphatic carboxylic acids is 3. The number of carbonyl (C=O) groups excluding carboxylic acids is 5. The Morgan fingerprint density at radius 3 is 1.56 bits per heavy atom. The summed E-state index contributed by atoms with van der Waals surface area (Å²) in [6, 6.07) is -6.66. The largest absolute Gasteiger partial charge is 0.481 e. The van der Waals surface area contributed by atoms with Gasteiger partial charge in [-0.15, -0.1) is 0 Å². The maximum atomic E-state index is 13.1. The highest BCUT2D eigenvalue weighted by Gasteiger charge is 2.29. The predicted molar refractivity (Wildman–Crippen MR) is 176 cm³/mol. The number of carboxylic acid groups (broad SMARTS) is 3. The molecule has 0 aliphatic carbocycles. The number of nitrogens with zero attached hydrogens (tertiary/aromatic N) is 2. The van der Waals surface area contributed by atoms with E-state index in [4.69, 9.17) is 38.9 Å². The number of rotatable bonds is 25. The van der Waals surface area contributed by atoms with Gasteiger partial charge < -0.3 is 70.6 Å². The third-order valence-electron chi connectivity index (χ3n) is 6.62. The van der Waals surface area contributed by atoms with Gasteiger partial charge in [0.25, 0.3) is 0 Å². The van der Waals surface area contributed by atoms with Crippen LogP contribution in [-0.2, 0) is 38.4 Å². The summed E-state index contributed by atoms with van der Waals surface area (Å²) >= 11 is 0. The Balaban J connectivity index is 5.42. The minimum atomic E-state index is -1.44. The number of guanidine groups is 2. The lowest BCUT2D eigenvalue weighted by atomic mass is 10.1. The molecule has 0 rings (SSSR count). The van der Waals surface area contributed by atoms with Crippen LogP contribution in [-0.4, -0.2) is 125 Å². The number of nitrogens with one attached hydrogen (secondary N) is 5. The molecule has 0 aromatic rings. The van der Waals surface area contributed by atoms with Crippen molar-refractivity contribution in [1.29, 1.82) is 0 Å². The van der Waals surface area contributed by atoms with Gasteiger partial charge >= 0.3 is 17.9 Å². The maximum absolute atomic E-state index is 13.1. The van der Waals surface area contributed by atoms with E-state index >= 15 is 0 Å². The molecule has 0 aliphatic heterocycles. The number of hydrogen-bond acceptors (Lipinski definition) is 11. The molecule has 282 valence electrons. The molecule has 0 aliphatic rings. The Labute approximate surface area is 286 Å². The third kappa shape index (κ3) is 20.5. The van der Waals surface area contributed by atoms with E-state index in [9.17, 15) is 43.5 Å². The Bertz CT molecular complexity index is 1270. The third-order valence-corrected chi connectivity index (χ3v) is 6.62. The molecule has 0 bridgehead atoms. The van der Waals surface area contributed by atoms with E-state index in [-0.39, 0.29) is 63.5 Å². The van der Waals surface area contributed by atoms with Gasteiger partial charge in [0.15, 0.2) is 11.9 Å². The normalized spacial score (nSPS) is 13.5. The lowest BCUT2D eigenvalue weighted by Gasteiger charge is -2.23. The highest BCUT2D eigenvalue weighted by molar-refractivity contribution is 5.95. The molecule has 5 atom stereocenters. The summed E-state index contributed by atoms with van der Waals surface area (Å²) < 4.78 is 0. The summed E-state index contributed by atoms with van der Waals surface area (Å²) in [7, 11) is 0. The second-order valence-corrected chi connectivity index (χ2v) is 10.9. The first-order chi connectivity index (χ1) is 23.3. The highest BCUT2D eigenvalue weighted by Crippen LogP contribution is 2.05. The van der Waals surface area contributed by atoms with E-state index in [1.54, 1.807) is 0 Å². The molecule has 0 heterocycles. The Kier molecular flexibility index (Phi) is 20.9. The first-order valence-electron chi connectivity index (χ1n) is 15.3. The first-order valence-corrected chi connectivity index (χ1v) is 15.3. The monoisotopic (exact) mass is 716 g/mol. The van der Waals surface area contributed by atoms with Gasteiger partial charge in [-0.2, -0.15) is 0 Å². The van der Waals surface area contributed by atoms with Crippen molar-refractivity contribution in [3.05, 3.63) is 0 Å². The predicted octanol–water partition coefficient (Wildman–Crippen LogP) is -5.69. The van der Waals surface area contributed by atoms with Gasteiger partial charge in [-0.3, -0.25) is 43.5 Å². The van der Waals surface area contributed by atoms with Crippen LogP contribution in [0.2, 0.25) is 0 Å². The minimum absolute atomic E-state index is 0.0329. The molecule has 0 saturated carbocycles. The van der Waals surface area contributed by atoms with Crippen molar-refractivity contribution in [3.8, 4) is 0 Å². The number of aliphatic imine (C=N–C) groups is 2. The van der Waals surface area contributed by atoms with E-state index in [2.05, 4.69) is 36.6 Å². The van der Waals surface area contributed by atoms with Gasteiger partial charge in [-0.05, 0) is 45.4 Å². The average molecular weight is 717 g/mol. The van der Waals surface area contributed by atoms with Crippen molar-refractivity contribution in [3.63, 3.8) is 0 Å². The number of amides is 5. The molecule has 18 N–H and O–H groups in total. The zero-order valence-corrected chi connectivity index (χ0v) is 27.6. The first kappa shape index (κ1) is 44.3. The number of carbonyl (C=O) groups is 8. The molecule has 0 fully saturated rings. The van der Waals surface area contributed by atoms with Crippen molar-refractivity contribution in [2.24, 2.45) is 38.7 Å². The molecule has 5 amide bonds. The van der Waals surface area contributed by atoms with E-state index in [0.717, 1.165) is 0 Å². The fourth-order valence-corrected chi connectivity index (χ4v) is 3.98. The molecule has 23 nitrogen and oxygen atoms in total. The fraction of sp³-hybridized carbons (Fsp3) is 0.630. The van der Waals surface area contributed by atoms with Crippen molar-refractivity contribution in [1.82, 2.24) is 26.6 Å². The number of hydrogen-bond donors (Lipinski definition) is 13. The summed E-state index contributed by atoms with van der Waals surface area (Å²) in [6.45, 7) is 0.737. The molecule has 0 spiro atoms. The quantitative estimate of drug-likeness (QED) is 0.0238. The summed E-state index contributed by atoms with van der Waals surface area (Å²) in [5.41, 5.74) is 26.8. The maximum Gasteiger partial charge on any atom is 0.326 e. The minimum Gasteiger partial charge on any atom is -0.481 e. The lowest BCUT2D eigenvalue weighted by molar-refractivity contribution is -0.142. The Hall–Kier alpha value is -5.74. The van der Waals surface area contributed by atoms with Gasteiger partial charge in [0, 0.05) is 25.9 Å². The average Bonchev–Trinajstić information content (AvgIpc) is 3.02. The second kappa shape index (κ2) is 23.6. The smallest absolute Gasteiger partial charge is 0.326 e. The van der Waals surface area contributed by atoms with Gasteiger partial charge in [0.1, 0.15) is 24.2 Å². The molecule has 0 unspecified atom stereocenters. The molecular formula is C27H48N12O11. The molecule has 0 radical (unpaired) electrons. The Morgan fingerprint density at radius 1 is 0.600 bits per heavy atom. The molecule has 0 aromatic heterocycles. The molecule has 0 saturated heterocycles. The molecule has 23 heteroatoms. The summed E-state index contributed by atoms with van der Waals surface area (Å²) in [4.78, 5) is 105. The number of nitrogens with two attached hydrogens (primary N) is 5. The van der Waals surface area contributed by atoms with E-state index < -0.39 is 97.0 Å². The van der Waals surface area contributed by atoms with Crippen molar-refractivity contribution >= 4 is 59.4 Å². The highest BCUT2D eigenvalue weighted by atomic mass is 16.4. The van der Waals surface area contributed by atoms with Gasteiger partial charge in [0.05, 0.1) is 12.6 Å². The van der Waals surface area contributed by atoms with Crippen LogP contribution >= 0.6 is 0 Å². The van der Waals surface area contributed by atoms with E-state index in [1.165, 1.54) is 6.92 Å². The summed E-state index contributed by atoms with van der Waals surface area (Å²) in [5.74, 6) is -8.69. The van der Waals surface area contributed by atoms with Crippen LogP contribution in [0.5, 0.6) is 0 Å². The zero-order chi connectivity index (χ0) is 38.4. The number of carboxylic acids is 3. The van der Waals surface area contributed by atoms with Crippen LogP contribution in [0, 0.1) is 0 Å². The SMILES string of the molecule is C[C@H](NC(=O)CNC(=O)[C@H](CCC(=O)O)NC(=O)[C@@H](N)CCC(=O)O)C(=O)N[C@@H](CCCN=C(N)N)C(=O)N[C@@H](CCCN=C(N)N)C(=O)O. The summed E-state index contributed by atoms with van der Waals surface area (Å²) in [5, 5.41) is 38.8. The van der Waals surface area contributed by atoms with Crippen molar-refractivity contribution in [2.75, 3.05) is 19.6 Å². The van der Waals surface area contributed by atoms with Gasteiger partial charge in [-0.25, -0.2) is 4.79 Å². The van der Waals surface area contributed by atoms with Crippen LogP contribution in [0.15, 0.2) is 9.98 Å². The van der Waals surface area contributed by atoms with Crippen LogP contribution in [0.4, 0.5) is 0 Å². The fourth-order valence-electron chi connectivity index (χ4n) is 3.98. The van der Waals surface area contributed by atoms with E-state index in [0.29, 0.717) is 0 Å².